The highest BCUT2D eigenvalue weighted by Gasteiger charge is 2.14. The van der Waals surface area contributed by atoms with E-state index >= 15 is 0 Å². The molecule has 1 aromatic carbocycles. The number of benzene rings is 1. The Kier molecular flexibility index (Phi) is 3.35. The summed E-state index contributed by atoms with van der Waals surface area (Å²) in [4.78, 5) is 4.28. The summed E-state index contributed by atoms with van der Waals surface area (Å²) in [5.74, 6) is 1.01. The molecule has 0 saturated heterocycles. The summed E-state index contributed by atoms with van der Waals surface area (Å²) in [6, 6.07) is 7.66. The van der Waals surface area contributed by atoms with Gasteiger partial charge >= 0.3 is 0 Å². The van der Waals surface area contributed by atoms with Gasteiger partial charge in [-0.1, -0.05) is 41.1 Å². The molecule has 1 heterocycles. The van der Waals surface area contributed by atoms with Crippen molar-refractivity contribution >= 4 is 0 Å². The van der Waals surface area contributed by atoms with Crippen LogP contribution in [0.4, 0.5) is 0 Å². The van der Waals surface area contributed by atoms with Gasteiger partial charge in [0, 0.05) is 5.56 Å². The van der Waals surface area contributed by atoms with Crippen LogP contribution in [0.1, 0.15) is 23.9 Å². The summed E-state index contributed by atoms with van der Waals surface area (Å²) in [6.07, 6.45) is 2.36. The lowest BCUT2D eigenvalue weighted by molar-refractivity contribution is 0.356. The first kappa shape index (κ1) is 11.5. The van der Waals surface area contributed by atoms with Crippen LogP contribution in [0.2, 0.25) is 0 Å². The molecule has 0 saturated carbocycles. The predicted molar refractivity (Wildman–Crippen MR) is 66.2 cm³/mol. The second kappa shape index (κ2) is 4.93. The van der Waals surface area contributed by atoms with Gasteiger partial charge in [0.1, 0.15) is 0 Å². The van der Waals surface area contributed by atoms with E-state index < -0.39 is 0 Å². The number of rotatable bonds is 4. The van der Waals surface area contributed by atoms with Gasteiger partial charge < -0.3 is 10.3 Å². The van der Waals surface area contributed by atoms with Crippen LogP contribution in [0.15, 0.2) is 41.4 Å². The van der Waals surface area contributed by atoms with Gasteiger partial charge in [0.25, 0.3) is 0 Å². The topological polar surface area (TPSA) is 64.9 Å². The highest BCUT2D eigenvalue weighted by atomic mass is 16.5. The zero-order valence-electron chi connectivity index (χ0n) is 9.76. The molecule has 17 heavy (non-hydrogen) atoms. The van der Waals surface area contributed by atoms with Crippen LogP contribution in [0.5, 0.6) is 0 Å². The highest BCUT2D eigenvalue weighted by Crippen LogP contribution is 2.19. The van der Waals surface area contributed by atoms with E-state index in [0.29, 0.717) is 18.1 Å². The van der Waals surface area contributed by atoms with E-state index in [0.717, 1.165) is 5.56 Å². The van der Waals surface area contributed by atoms with Gasteiger partial charge in [0.2, 0.25) is 11.7 Å². The van der Waals surface area contributed by atoms with Crippen molar-refractivity contribution in [3.8, 4) is 11.4 Å². The van der Waals surface area contributed by atoms with Gasteiger partial charge in [-0.15, -0.1) is 6.58 Å². The molecule has 0 bridgehead atoms. The maximum Gasteiger partial charge on any atom is 0.244 e. The third kappa shape index (κ3) is 2.60. The van der Waals surface area contributed by atoms with Crippen molar-refractivity contribution in [3.05, 3.63) is 48.4 Å². The summed E-state index contributed by atoms with van der Waals surface area (Å²) < 4.78 is 5.13. The van der Waals surface area contributed by atoms with Crippen molar-refractivity contribution in [1.29, 1.82) is 0 Å². The number of nitrogens with zero attached hydrogens (tertiary/aromatic N) is 2. The molecule has 0 radical (unpaired) electrons. The maximum absolute atomic E-state index is 5.85. The van der Waals surface area contributed by atoms with Crippen LogP contribution in [0, 0.1) is 6.92 Å². The van der Waals surface area contributed by atoms with Gasteiger partial charge in [-0.25, -0.2) is 0 Å². The summed E-state index contributed by atoms with van der Waals surface area (Å²) in [6.45, 7) is 5.66. The lowest BCUT2D eigenvalue weighted by atomic mass is 10.1. The number of hydrogen-bond donors (Lipinski definition) is 1. The first-order valence-electron chi connectivity index (χ1n) is 5.48. The monoisotopic (exact) mass is 229 g/mol. The van der Waals surface area contributed by atoms with E-state index in [1.807, 2.05) is 31.2 Å². The van der Waals surface area contributed by atoms with Gasteiger partial charge in [0.05, 0.1) is 6.04 Å². The van der Waals surface area contributed by atoms with Crippen molar-refractivity contribution in [1.82, 2.24) is 10.1 Å². The van der Waals surface area contributed by atoms with Crippen molar-refractivity contribution in [2.45, 2.75) is 19.4 Å². The Balaban J connectivity index is 2.23. The van der Waals surface area contributed by atoms with E-state index in [9.17, 15) is 0 Å². The van der Waals surface area contributed by atoms with Crippen LogP contribution >= 0.6 is 0 Å². The molecule has 1 atom stereocenters. The molecule has 1 unspecified atom stereocenters. The Bertz CT molecular complexity index is 502. The maximum atomic E-state index is 5.85. The molecule has 0 amide bonds. The molecule has 0 spiro atoms. The zero-order chi connectivity index (χ0) is 12.3. The Labute approximate surface area is 100 Å². The fourth-order valence-electron chi connectivity index (χ4n) is 1.49. The quantitative estimate of drug-likeness (QED) is 0.818. The third-order valence-corrected chi connectivity index (χ3v) is 2.49. The molecular formula is C13H15N3O. The Morgan fingerprint density at radius 1 is 1.41 bits per heavy atom. The largest absolute Gasteiger partial charge is 0.337 e. The van der Waals surface area contributed by atoms with Crippen LogP contribution in [0.25, 0.3) is 11.4 Å². The first-order chi connectivity index (χ1) is 8.20. The van der Waals surface area contributed by atoms with Gasteiger partial charge in [-0.2, -0.15) is 4.98 Å². The third-order valence-electron chi connectivity index (χ3n) is 2.49. The van der Waals surface area contributed by atoms with Crippen molar-refractivity contribution in [3.63, 3.8) is 0 Å². The van der Waals surface area contributed by atoms with E-state index in [4.69, 9.17) is 10.3 Å². The molecule has 4 nitrogen and oxygen atoms in total. The summed E-state index contributed by atoms with van der Waals surface area (Å²) in [5, 5.41) is 3.92. The normalized spacial score (nSPS) is 12.4. The molecule has 2 aromatic rings. The standard InChI is InChI=1S/C13H15N3O/c1-3-4-11(14)13-15-12(16-17-13)10-7-5-9(2)6-8-10/h3,5-8,11H,1,4,14H2,2H3. The Hall–Kier alpha value is -1.94. The number of aromatic nitrogens is 2. The SMILES string of the molecule is C=CCC(N)c1nc(-c2ccc(C)cc2)no1. The lowest BCUT2D eigenvalue weighted by Crippen LogP contribution is -2.09. The molecule has 88 valence electrons. The van der Waals surface area contributed by atoms with E-state index in [1.165, 1.54) is 5.56 Å². The predicted octanol–water partition coefficient (Wildman–Crippen LogP) is 2.62. The highest BCUT2D eigenvalue weighted by molar-refractivity contribution is 5.54. The average molecular weight is 229 g/mol. The lowest BCUT2D eigenvalue weighted by Gasteiger charge is -2.00. The van der Waals surface area contributed by atoms with Crippen LogP contribution in [0.3, 0.4) is 0 Å². The van der Waals surface area contributed by atoms with Gasteiger partial charge in [0.15, 0.2) is 0 Å². The van der Waals surface area contributed by atoms with E-state index in [1.54, 1.807) is 6.08 Å². The fourth-order valence-corrected chi connectivity index (χ4v) is 1.49. The minimum absolute atomic E-state index is 0.279. The molecule has 0 aliphatic rings. The minimum Gasteiger partial charge on any atom is -0.337 e. The number of aryl methyl sites for hydroxylation is 1. The molecule has 2 N–H and O–H groups in total. The minimum atomic E-state index is -0.279. The fraction of sp³-hybridized carbons (Fsp3) is 0.231. The Morgan fingerprint density at radius 3 is 2.76 bits per heavy atom. The second-order valence-corrected chi connectivity index (χ2v) is 3.95. The zero-order valence-corrected chi connectivity index (χ0v) is 9.76. The molecule has 1 aromatic heterocycles. The van der Waals surface area contributed by atoms with Gasteiger partial charge in [-0.3, -0.25) is 0 Å². The number of nitrogens with two attached hydrogens (primary N) is 1. The first-order valence-corrected chi connectivity index (χ1v) is 5.48. The van der Waals surface area contributed by atoms with E-state index in [2.05, 4.69) is 16.7 Å². The van der Waals surface area contributed by atoms with Crippen molar-refractivity contribution < 1.29 is 4.52 Å². The van der Waals surface area contributed by atoms with Crippen molar-refractivity contribution in [2.24, 2.45) is 5.73 Å². The molecule has 2 rings (SSSR count). The molecule has 0 aliphatic heterocycles. The molecular weight excluding hydrogens is 214 g/mol. The summed E-state index contributed by atoms with van der Waals surface area (Å²) in [5.41, 5.74) is 7.98. The second-order valence-electron chi connectivity index (χ2n) is 3.95. The van der Waals surface area contributed by atoms with Crippen molar-refractivity contribution in [2.75, 3.05) is 0 Å². The van der Waals surface area contributed by atoms with Crippen LogP contribution in [-0.2, 0) is 0 Å². The Morgan fingerprint density at radius 2 is 2.12 bits per heavy atom. The smallest absolute Gasteiger partial charge is 0.244 e. The number of hydrogen-bond acceptors (Lipinski definition) is 4. The summed E-state index contributed by atoms with van der Waals surface area (Å²) in [7, 11) is 0. The van der Waals surface area contributed by atoms with Gasteiger partial charge in [-0.05, 0) is 13.3 Å². The summed E-state index contributed by atoms with van der Waals surface area (Å²) >= 11 is 0. The van der Waals surface area contributed by atoms with E-state index in [-0.39, 0.29) is 6.04 Å². The molecule has 4 heteroatoms. The average Bonchev–Trinajstić information content (AvgIpc) is 2.80. The molecule has 0 fully saturated rings. The molecule has 0 aliphatic carbocycles. The van der Waals surface area contributed by atoms with Crippen LogP contribution in [-0.4, -0.2) is 10.1 Å². The van der Waals surface area contributed by atoms with Crippen LogP contribution < -0.4 is 5.73 Å².